The molecule has 0 radical (unpaired) electrons. The van der Waals surface area contributed by atoms with Gasteiger partial charge in [0.2, 0.25) is 5.91 Å². The average molecular weight is 319 g/mol. The summed E-state index contributed by atoms with van der Waals surface area (Å²) in [5.41, 5.74) is 1.34. The molecule has 0 saturated carbocycles. The van der Waals surface area contributed by atoms with Crippen molar-refractivity contribution in [1.29, 1.82) is 0 Å². The first-order chi connectivity index (χ1) is 11.0. The molecule has 23 heavy (non-hydrogen) atoms. The third-order valence-corrected chi connectivity index (χ3v) is 4.01. The minimum absolute atomic E-state index is 0.0690. The van der Waals surface area contributed by atoms with Crippen LogP contribution in [0.4, 0.5) is 0 Å². The zero-order valence-corrected chi connectivity index (χ0v) is 13.5. The Hall–Kier alpha value is -2.50. The largest absolute Gasteiger partial charge is 0.497 e. The van der Waals surface area contributed by atoms with Crippen molar-refractivity contribution in [2.45, 2.75) is 32.7 Å². The predicted molar refractivity (Wildman–Crippen MR) is 85.5 cm³/mol. The molecule has 2 N–H and O–H groups in total. The van der Waals surface area contributed by atoms with E-state index in [-0.39, 0.29) is 18.2 Å². The zero-order chi connectivity index (χ0) is 17.0. The Morgan fingerprint density at radius 1 is 1.39 bits per heavy atom. The molecule has 0 aliphatic heterocycles. The van der Waals surface area contributed by atoms with Crippen molar-refractivity contribution in [3.8, 4) is 5.75 Å². The quantitative estimate of drug-likeness (QED) is 0.819. The zero-order valence-electron chi connectivity index (χ0n) is 13.5. The first kappa shape index (κ1) is 16.9. The Morgan fingerprint density at radius 2 is 2.13 bits per heavy atom. The van der Waals surface area contributed by atoms with Gasteiger partial charge in [-0.15, -0.1) is 0 Å². The highest BCUT2D eigenvalue weighted by molar-refractivity contribution is 5.90. The lowest BCUT2D eigenvalue weighted by molar-refractivity contribution is -0.143. The van der Waals surface area contributed by atoms with Crippen molar-refractivity contribution >= 4 is 22.8 Å². The van der Waals surface area contributed by atoms with E-state index in [4.69, 9.17) is 9.15 Å². The van der Waals surface area contributed by atoms with Crippen molar-refractivity contribution < 1.29 is 23.8 Å². The molecule has 0 fully saturated rings. The molecule has 2 atom stereocenters. The van der Waals surface area contributed by atoms with E-state index in [1.165, 1.54) is 6.26 Å². The average Bonchev–Trinajstić information content (AvgIpc) is 2.93. The summed E-state index contributed by atoms with van der Waals surface area (Å²) in [6.45, 7) is 3.70. The number of carboxylic acid groups (broad SMARTS) is 1. The van der Waals surface area contributed by atoms with Gasteiger partial charge in [-0.3, -0.25) is 4.79 Å². The number of amides is 1. The summed E-state index contributed by atoms with van der Waals surface area (Å²) in [7, 11) is 1.57. The maximum absolute atomic E-state index is 12.2. The second-order valence-corrected chi connectivity index (χ2v) is 5.57. The van der Waals surface area contributed by atoms with Gasteiger partial charge in [-0.05, 0) is 18.1 Å². The second kappa shape index (κ2) is 7.17. The van der Waals surface area contributed by atoms with Crippen molar-refractivity contribution in [3.05, 3.63) is 30.0 Å². The second-order valence-electron chi connectivity index (χ2n) is 5.57. The van der Waals surface area contributed by atoms with Gasteiger partial charge in [0.25, 0.3) is 0 Å². The highest BCUT2D eigenvalue weighted by Crippen LogP contribution is 2.25. The monoisotopic (exact) mass is 319 g/mol. The summed E-state index contributed by atoms with van der Waals surface area (Å²) in [6, 6.07) is 4.48. The van der Waals surface area contributed by atoms with E-state index in [2.05, 4.69) is 5.32 Å². The SMILES string of the molecule is CCC(C)C(NC(=O)Cc1coc2cc(OC)ccc12)C(=O)O. The van der Waals surface area contributed by atoms with Crippen LogP contribution in [0.15, 0.2) is 28.9 Å². The molecule has 6 heteroatoms. The fraction of sp³-hybridized carbons (Fsp3) is 0.412. The van der Waals surface area contributed by atoms with Crippen LogP contribution in [0.2, 0.25) is 0 Å². The lowest BCUT2D eigenvalue weighted by atomic mass is 9.99. The van der Waals surface area contributed by atoms with Crippen LogP contribution >= 0.6 is 0 Å². The van der Waals surface area contributed by atoms with E-state index in [0.717, 1.165) is 5.39 Å². The number of carboxylic acids is 1. The van der Waals surface area contributed by atoms with E-state index < -0.39 is 12.0 Å². The fourth-order valence-corrected chi connectivity index (χ4v) is 2.41. The van der Waals surface area contributed by atoms with Gasteiger partial charge in [0.05, 0.1) is 19.8 Å². The molecule has 1 aromatic heterocycles. The van der Waals surface area contributed by atoms with Gasteiger partial charge in [0.15, 0.2) is 0 Å². The van der Waals surface area contributed by atoms with Crippen LogP contribution in [0.3, 0.4) is 0 Å². The summed E-state index contributed by atoms with van der Waals surface area (Å²) < 4.78 is 10.6. The summed E-state index contributed by atoms with van der Waals surface area (Å²) in [6.07, 6.45) is 2.26. The Bertz CT molecular complexity index is 706. The molecule has 0 aliphatic carbocycles. The van der Waals surface area contributed by atoms with Gasteiger partial charge in [0, 0.05) is 17.0 Å². The molecule has 2 unspecified atom stereocenters. The molecule has 124 valence electrons. The molecule has 6 nitrogen and oxygen atoms in total. The standard InChI is InChI=1S/C17H21NO5/c1-4-10(2)16(17(20)21)18-15(19)7-11-9-23-14-8-12(22-3)5-6-13(11)14/h5-6,8-10,16H,4,7H2,1-3H3,(H,18,19)(H,20,21). The highest BCUT2D eigenvalue weighted by atomic mass is 16.5. The number of fused-ring (bicyclic) bond motifs is 1. The number of ether oxygens (including phenoxy) is 1. The maximum atomic E-state index is 12.2. The Labute approximate surface area is 134 Å². The van der Waals surface area contributed by atoms with Crippen LogP contribution in [0, 0.1) is 5.92 Å². The molecule has 1 amide bonds. The summed E-state index contributed by atoms with van der Waals surface area (Å²) in [4.78, 5) is 23.4. The third-order valence-electron chi connectivity index (χ3n) is 4.01. The van der Waals surface area contributed by atoms with Gasteiger partial charge in [0.1, 0.15) is 17.4 Å². The smallest absolute Gasteiger partial charge is 0.326 e. The predicted octanol–water partition coefficient (Wildman–Crippen LogP) is 2.60. The Kier molecular flexibility index (Phi) is 5.26. The first-order valence-corrected chi connectivity index (χ1v) is 7.52. The fourth-order valence-electron chi connectivity index (χ4n) is 2.41. The lowest BCUT2D eigenvalue weighted by Gasteiger charge is -2.19. The number of hydrogen-bond acceptors (Lipinski definition) is 4. The van der Waals surface area contributed by atoms with Crippen molar-refractivity contribution in [1.82, 2.24) is 5.32 Å². The van der Waals surface area contributed by atoms with E-state index in [9.17, 15) is 14.7 Å². The van der Waals surface area contributed by atoms with Crippen LogP contribution in [0.5, 0.6) is 5.75 Å². The van der Waals surface area contributed by atoms with E-state index in [1.54, 1.807) is 26.2 Å². The molecule has 2 aromatic rings. The summed E-state index contributed by atoms with van der Waals surface area (Å²) >= 11 is 0. The molecule has 0 spiro atoms. The number of methoxy groups -OCH3 is 1. The number of carbonyl (C=O) groups excluding carboxylic acids is 1. The van der Waals surface area contributed by atoms with E-state index >= 15 is 0 Å². The summed E-state index contributed by atoms with van der Waals surface area (Å²) in [5, 5.41) is 12.6. The topological polar surface area (TPSA) is 88.8 Å². The number of rotatable bonds is 7. The number of benzene rings is 1. The van der Waals surface area contributed by atoms with Crippen LogP contribution in [0.1, 0.15) is 25.8 Å². The third kappa shape index (κ3) is 3.83. The van der Waals surface area contributed by atoms with Gasteiger partial charge in [-0.25, -0.2) is 4.79 Å². The molecule has 0 bridgehead atoms. The maximum Gasteiger partial charge on any atom is 0.326 e. The Balaban J connectivity index is 2.12. The van der Waals surface area contributed by atoms with Gasteiger partial charge < -0.3 is 19.6 Å². The number of nitrogens with one attached hydrogen (secondary N) is 1. The van der Waals surface area contributed by atoms with Crippen LogP contribution in [0.25, 0.3) is 11.0 Å². The van der Waals surface area contributed by atoms with Gasteiger partial charge >= 0.3 is 5.97 Å². The van der Waals surface area contributed by atoms with Crippen LogP contribution in [-0.2, 0) is 16.0 Å². The van der Waals surface area contributed by atoms with Gasteiger partial charge in [-0.1, -0.05) is 20.3 Å². The number of aliphatic carboxylic acids is 1. The van der Waals surface area contributed by atoms with Crippen molar-refractivity contribution in [2.75, 3.05) is 7.11 Å². The van der Waals surface area contributed by atoms with E-state index in [1.807, 2.05) is 13.0 Å². The Morgan fingerprint density at radius 3 is 2.74 bits per heavy atom. The molecule has 2 rings (SSSR count). The molecule has 1 aromatic carbocycles. The minimum Gasteiger partial charge on any atom is -0.497 e. The molecule has 1 heterocycles. The minimum atomic E-state index is -1.02. The number of hydrogen-bond donors (Lipinski definition) is 2. The van der Waals surface area contributed by atoms with E-state index in [0.29, 0.717) is 23.3 Å². The van der Waals surface area contributed by atoms with Crippen LogP contribution < -0.4 is 10.1 Å². The number of furan rings is 1. The molecular formula is C17H21NO5. The lowest BCUT2D eigenvalue weighted by Crippen LogP contribution is -2.45. The molecule has 0 saturated heterocycles. The van der Waals surface area contributed by atoms with Crippen molar-refractivity contribution in [3.63, 3.8) is 0 Å². The number of carbonyl (C=O) groups is 2. The summed E-state index contributed by atoms with van der Waals surface area (Å²) in [5.74, 6) is -0.821. The van der Waals surface area contributed by atoms with Crippen molar-refractivity contribution in [2.24, 2.45) is 5.92 Å². The van der Waals surface area contributed by atoms with Gasteiger partial charge in [-0.2, -0.15) is 0 Å². The van der Waals surface area contributed by atoms with Crippen LogP contribution in [-0.4, -0.2) is 30.1 Å². The molecular weight excluding hydrogens is 298 g/mol. The highest BCUT2D eigenvalue weighted by Gasteiger charge is 2.25. The first-order valence-electron chi connectivity index (χ1n) is 7.52. The normalized spacial score (nSPS) is 13.5. The molecule has 0 aliphatic rings.